The number of rotatable bonds is 4. The van der Waals surface area contributed by atoms with E-state index in [9.17, 15) is 9.59 Å². The predicted octanol–water partition coefficient (Wildman–Crippen LogP) is -0.306. The summed E-state index contributed by atoms with van der Waals surface area (Å²) in [6.07, 6.45) is 0.521. The molecule has 3 N–H and O–H groups in total. The highest BCUT2D eigenvalue weighted by Crippen LogP contribution is 1.93. The summed E-state index contributed by atoms with van der Waals surface area (Å²) in [7, 11) is 0. The minimum absolute atomic E-state index is 0.254. The Kier molecular flexibility index (Phi) is 3.85. The number of H-pyrrole nitrogens is 1. The second kappa shape index (κ2) is 4.93. The van der Waals surface area contributed by atoms with E-state index in [2.05, 4.69) is 4.98 Å². The number of nitrogens with two attached hydrogens (primary N) is 1. The molecule has 0 aromatic carbocycles. The third kappa shape index (κ3) is 3.06. The zero-order valence-corrected chi connectivity index (χ0v) is 9.12. The quantitative estimate of drug-likeness (QED) is 0.717. The van der Waals surface area contributed by atoms with Crippen LogP contribution in [0.2, 0.25) is 0 Å². The van der Waals surface area contributed by atoms with Crippen molar-refractivity contribution in [3.05, 3.63) is 32.6 Å². The van der Waals surface area contributed by atoms with E-state index >= 15 is 0 Å². The molecule has 1 heterocycles. The lowest BCUT2D eigenvalue weighted by molar-refractivity contribution is 0.490. The molecule has 1 aromatic rings. The summed E-state index contributed by atoms with van der Waals surface area (Å²) in [6.45, 7) is 4.78. The Morgan fingerprint density at radius 3 is 2.60 bits per heavy atom. The fourth-order valence-corrected chi connectivity index (χ4v) is 1.40. The highest BCUT2D eigenvalue weighted by Gasteiger charge is 2.05. The SMILES string of the molecule is CC(C)Cn1c(=O)cc(CCN)[nH]c1=O. The average molecular weight is 211 g/mol. The second-order valence-corrected chi connectivity index (χ2v) is 3.98. The van der Waals surface area contributed by atoms with Gasteiger partial charge in [-0.05, 0) is 12.5 Å². The number of aromatic amines is 1. The molecule has 0 radical (unpaired) electrons. The third-order valence-corrected chi connectivity index (χ3v) is 2.04. The summed E-state index contributed by atoms with van der Waals surface area (Å²) in [6, 6.07) is 1.44. The van der Waals surface area contributed by atoms with Crippen molar-refractivity contribution >= 4 is 0 Å². The average Bonchev–Trinajstić information content (AvgIpc) is 2.11. The monoisotopic (exact) mass is 211 g/mol. The maximum atomic E-state index is 11.6. The second-order valence-electron chi connectivity index (χ2n) is 3.98. The first-order valence-corrected chi connectivity index (χ1v) is 5.07. The van der Waals surface area contributed by atoms with Crippen molar-refractivity contribution in [2.24, 2.45) is 11.7 Å². The van der Waals surface area contributed by atoms with Gasteiger partial charge in [0.05, 0.1) is 0 Å². The summed E-state index contributed by atoms with van der Waals surface area (Å²) in [4.78, 5) is 25.8. The molecule has 0 fully saturated rings. The molecule has 0 aliphatic carbocycles. The molecule has 0 bridgehead atoms. The fourth-order valence-electron chi connectivity index (χ4n) is 1.40. The molecule has 1 aromatic heterocycles. The number of nitrogens with zero attached hydrogens (tertiary/aromatic N) is 1. The van der Waals surface area contributed by atoms with E-state index in [4.69, 9.17) is 5.73 Å². The molecule has 0 aliphatic heterocycles. The van der Waals surface area contributed by atoms with Gasteiger partial charge in [0, 0.05) is 24.7 Å². The number of nitrogens with one attached hydrogen (secondary N) is 1. The molecule has 0 spiro atoms. The number of hydrogen-bond acceptors (Lipinski definition) is 3. The predicted molar refractivity (Wildman–Crippen MR) is 58.9 cm³/mol. The summed E-state index contributed by atoms with van der Waals surface area (Å²) in [5.41, 5.74) is 5.35. The molecule has 0 atom stereocenters. The first-order valence-electron chi connectivity index (χ1n) is 5.07. The molecule has 0 saturated heterocycles. The topological polar surface area (TPSA) is 80.9 Å². The summed E-state index contributed by atoms with van der Waals surface area (Å²) >= 11 is 0. The van der Waals surface area contributed by atoms with Crippen LogP contribution in [-0.2, 0) is 13.0 Å². The minimum Gasteiger partial charge on any atom is -0.330 e. The van der Waals surface area contributed by atoms with Gasteiger partial charge in [-0.1, -0.05) is 13.8 Å². The van der Waals surface area contributed by atoms with Crippen molar-refractivity contribution in [1.29, 1.82) is 0 Å². The maximum Gasteiger partial charge on any atom is 0.328 e. The van der Waals surface area contributed by atoms with Gasteiger partial charge >= 0.3 is 5.69 Å². The van der Waals surface area contributed by atoms with E-state index in [1.807, 2.05) is 13.8 Å². The van der Waals surface area contributed by atoms with Gasteiger partial charge < -0.3 is 10.7 Å². The molecule has 0 aliphatic rings. The van der Waals surface area contributed by atoms with Crippen molar-refractivity contribution in [2.45, 2.75) is 26.8 Å². The summed E-state index contributed by atoms with van der Waals surface area (Å²) < 4.78 is 1.21. The molecule has 5 heteroatoms. The minimum atomic E-state index is -0.348. The van der Waals surface area contributed by atoms with Crippen LogP contribution >= 0.6 is 0 Å². The first-order chi connectivity index (χ1) is 7.04. The van der Waals surface area contributed by atoms with E-state index < -0.39 is 0 Å². The van der Waals surface area contributed by atoms with Gasteiger partial charge in [0.15, 0.2) is 0 Å². The maximum absolute atomic E-state index is 11.6. The first kappa shape index (κ1) is 11.7. The van der Waals surface area contributed by atoms with Crippen LogP contribution < -0.4 is 17.0 Å². The Balaban J connectivity index is 3.10. The number of aromatic nitrogens is 2. The molecule has 0 unspecified atom stereocenters. The van der Waals surface area contributed by atoms with Crippen molar-refractivity contribution in [3.8, 4) is 0 Å². The van der Waals surface area contributed by atoms with Gasteiger partial charge in [-0.25, -0.2) is 4.79 Å². The molecule has 84 valence electrons. The van der Waals surface area contributed by atoms with Gasteiger partial charge in [0.25, 0.3) is 5.56 Å². The van der Waals surface area contributed by atoms with Crippen molar-refractivity contribution in [2.75, 3.05) is 6.54 Å². The molecule has 5 nitrogen and oxygen atoms in total. The van der Waals surface area contributed by atoms with Crippen molar-refractivity contribution in [1.82, 2.24) is 9.55 Å². The zero-order valence-electron chi connectivity index (χ0n) is 9.12. The van der Waals surface area contributed by atoms with E-state index in [0.717, 1.165) is 0 Å². The standard InChI is InChI=1S/C10H17N3O2/c1-7(2)6-13-9(14)5-8(3-4-11)12-10(13)15/h5,7H,3-4,6,11H2,1-2H3,(H,12,15). The van der Waals surface area contributed by atoms with Gasteiger partial charge in [0.1, 0.15) is 0 Å². The molecule has 1 rings (SSSR count). The molecule has 15 heavy (non-hydrogen) atoms. The van der Waals surface area contributed by atoms with E-state index in [-0.39, 0.29) is 17.2 Å². The van der Waals surface area contributed by atoms with E-state index in [0.29, 0.717) is 25.2 Å². The molecule has 0 amide bonds. The van der Waals surface area contributed by atoms with Crippen LogP contribution in [-0.4, -0.2) is 16.1 Å². The summed E-state index contributed by atoms with van der Waals surface area (Å²) in [5, 5.41) is 0. The van der Waals surface area contributed by atoms with Crippen LogP contribution in [0, 0.1) is 5.92 Å². The Bertz CT molecular complexity index is 400. The van der Waals surface area contributed by atoms with Crippen LogP contribution in [0.1, 0.15) is 19.5 Å². The Labute approximate surface area is 87.9 Å². The van der Waals surface area contributed by atoms with Crippen LogP contribution in [0.4, 0.5) is 0 Å². The van der Waals surface area contributed by atoms with Gasteiger partial charge in [-0.15, -0.1) is 0 Å². The van der Waals surface area contributed by atoms with Crippen LogP contribution in [0.25, 0.3) is 0 Å². The summed E-state index contributed by atoms with van der Waals surface area (Å²) in [5.74, 6) is 0.268. The van der Waals surface area contributed by atoms with Gasteiger partial charge in [-0.2, -0.15) is 0 Å². The van der Waals surface area contributed by atoms with Gasteiger partial charge in [0.2, 0.25) is 0 Å². The van der Waals surface area contributed by atoms with E-state index in [1.54, 1.807) is 0 Å². The lowest BCUT2D eigenvalue weighted by atomic mass is 10.2. The van der Waals surface area contributed by atoms with Crippen molar-refractivity contribution < 1.29 is 0 Å². The molecule has 0 saturated carbocycles. The molecular formula is C10H17N3O2. The lowest BCUT2D eigenvalue weighted by Gasteiger charge is -2.07. The Morgan fingerprint density at radius 1 is 1.47 bits per heavy atom. The number of hydrogen-bond donors (Lipinski definition) is 2. The zero-order chi connectivity index (χ0) is 11.4. The Hall–Kier alpha value is -1.36. The van der Waals surface area contributed by atoms with Crippen LogP contribution in [0.3, 0.4) is 0 Å². The largest absolute Gasteiger partial charge is 0.330 e. The normalized spacial score (nSPS) is 10.9. The highest BCUT2D eigenvalue weighted by atomic mass is 16.2. The lowest BCUT2D eigenvalue weighted by Crippen LogP contribution is -2.37. The van der Waals surface area contributed by atoms with Gasteiger partial charge in [-0.3, -0.25) is 9.36 Å². The molecular weight excluding hydrogens is 194 g/mol. The third-order valence-electron chi connectivity index (χ3n) is 2.04. The fraction of sp³-hybridized carbons (Fsp3) is 0.600. The van der Waals surface area contributed by atoms with Crippen molar-refractivity contribution in [3.63, 3.8) is 0 Å². The van der Waals surface area contributed by atoms with Crippen LogP contribution in [0.15, 0.2) is 15.7 Å². The van der Waals surface area contributed by atoms with Crippen LogP contribution in [0.5, 0.6) is 0 Å². The van der Waals surface area contributed by atoms with E-state index in [1.165, 1.54) is 10.6 Å². The highest BCUT2D eigenvalue weighted by molar-refractivity contribution is 5.00. The smallest absolute Gasteiger partial charge is 0.328 e. The Morgan fingerprint density at radius 2 is 2.13 bits per heavy atom.